The maximum absolute atomic E-state index is 5.74. The molecule has 20 heavy (non-hydrogen) atoms. The molecule has 0 saturated carbocycles. The summed E-state index contributed by atoms with van der Waals surface area (Å²) in [5.41, 5.74) is 2.92. The van der Waals surface area contributed by atoms with Gasteiger partial charge in [0.25, 0.3) is 0 Å². The van der Waals surface area contributed by atoms with E-state index < -0.39 is 0 Å². The first-order chi connectivity index (χ1) is 9.75. The highest BCUT2D eigenvalue weighted by Crippen LogP contribution is 2.31. The molecule has 3 atom stereocenters. The van der Waals surface area contributed by atoms with Crippen LogP contribution in [0.5, 0.6) is 0 Å². The number of fused-ring (bicyclic) bond motifs is 1. The molecule has 3 rings (SSSR count). The maximum atomic E-state index is 5.74. The first-order valence-corrected chi connectivity index (χ1v) is 7.95. The lowest BCUT2D eigenvalue weighted by Crippen LogP contribution is -2.42. The molecule has 1 aromatic rings. The average molecular weight is 274 g/mol. The topological polar surface area (TPSA) is 24.5 Å². The predicted octanol–water partition coefficient (Wildman–Crippen LogP) is 2.59. The molecule has 1 aromatic carbocycles. The quantitative estimate of drug-likeness (QED) is 0.893. The lowest BCUT2D eigenvalue weighted by molar-refractivity contribution is 0.0840. The summed E-state index contributed by atoms with van der Waals surface area (Å²) in [5, 5.41) is 3.64. The molecule has 0 amide bonds. The minimum absolute atomic E-state index is 0.415. The number of rotatable bonds is 5. The van der Waals surface area contributed by atoms with Gasteiger partial charge in [-0.05, 0) is 44.7 Å². The number of nitrogens with one attached hydrogen (secondary N) is 1. The molecule has 2 heterocycles. The van der Waals surface area contributed by atoms with Gasteiger partial charge in [-0.15, -0.1) is 0 Å². The molecule has 3 nitrogen and oxygen atoms in total. The van der Waals surface area contributed by atoms with Gasteiger partial charge in [0.15, 0.2) is 0 Å². The van der Waals surface area contributed by atoms with Crippen molar-refractivity contribution in [1.82, 2.24) is 5.32 Å². The molecule has 0 bridgehead atoms. The van der Waals surface area contributed by atoms with E-state index in [2.05, 4.69) is 48.3 Å². The minimum atomic E-state index is 0.415. The summed E-state index contributed by atoms with van der Waals surface area (Å²) in [5.74, 6) is 0. The van der Waals surface area contributed by atoms with Crippen molar-refractivity contribution in [2.45, 2.75) is 51.3 Å². The van der Waals surface area contributed by atoms with Gasteiger partial charge in [0.2, 0.25) is 0 Å². The first-order valence-electron chi connectivity index (χ1n) is 7.95. The molecule has 2 aliphatic heterocycles. The fourth-order valence-electron chi connectivity index (χ4n) is 3.51. The van der Waals surface area contributed by atoms with Crippen LogP contribution in [0.1, 0.15) is 32.3 Å². The number of anilines is 1. The molecule has 1 saturated heterocycles. The summed E-state index contributed by atoms with van der Waals surface area (Å²) >= 11 is 0. The summed E-state index contributed by atoms with van der Waals surface area (Å²) in [7, 11) is 0. The Morgan fingerprint density at radius 3 is 3.05 bits per heavy atom. The fraction of sp³-hybridized carbons (Fsp3) is 0.647. The largest absolute Gasteiger partial charge is 0.377 e. The zero-order valence-electron chi connectivity index (χ0n) is 12.6. The van der Waals surface area contributed by atoms with Crippen molar-refractivity contribution in [3.63, 3.8) is 0 Å². The summed E-state index contributed by atoms with van der Waals surface area (Å²) in [6.07, 6.45) is 4.01. The third-order valence-electron chi connectivity index (χ3n) is 4.69. The van der Waals surface area contributed by atoms with E-state index in [0.717, 1.165) is 19.7 Å². The maximum Gasteiger partial charge on any atom is 0.0726 e. The minimum Gasteiger partial charge on any atom is -0.377 e. The summed E-state index contributed by atoms with van der Waals surface area (Å²) in [4.78, 5) is 2.53. The monoisotopic (exact) mass is 274 g/mol. The zero-order chi connectivity index (χ0) is 13.9. The first kappa shape index (κ1) is 13.9. The highest BCUT2D eigenvalue weighted by atomic mass is 16.5. The van der Waals surface area contributed by atoms with E-state index >= 15 is 0 Å². The second-order valence-corrected chi connectivity index (χ2v) is 6.17. The second kappa shape index (κ2) is 6.15. The lowest BCUT2D eigenvalue weighted by atomic mass is 10.1. The molecule has 1 N–H and O–H groups in total. The molecule has 0 spiro atoms. The van der Waals surface area contributed by atoms with Crippen molar-refractivity contribution in [1.29, 1.82) is 0 Å². The van der Waals surface area contributed by atoms with Gasteiger partial charge in [-0.1, -0.05) is 18.2 Å². The van der Waals surface area contributed by atoms with Crippen LogP contribution < -0.4 is 10.2 Å². The summed E-state index contributed by atoms with van der Waals surface area (Å²) in [6, 6.07) is 9.88. The van der Waals surface area contributed by atoms with Crippen molar-refractivity contribution >= 4 is 5.69 Å². The van der Waals surface area contributed by atoms with Crippen LogP contribution in [0.4, 0.5) is 5.69 Å². The number of benzene rings is 1. The molecule has 3 unspecified atom stereocenters. The second-order valence-electron chi connectivity index (χ2n) is 6.17. The van der Waals surface area contributed by atoms with Crippen molar-refractivity contribution in [2.75, 3.05) is 24.6 Å². The van der Waals surface area contributed by atoms with Crippen LogP contribution in [-0.4, -0.2) is 37.9 Å². The highest BCUT2D eigenvalue weighted by Gasteiger charge is 2.26. The Morgan fingerprint density at radius 1 is 1.40 bits per heavy atom. The van der Waals surface area contributed by atoms with E-state index in [0.29, 0.717) is 18.2 Å². The molecule has 110 valence electrons. The van der Waals surface area contributed by atoms with Crippen molar-refractivity contribution < 1.29 is 4.74 Å². The predicted molar refractivity (Wildman–Crippen MR) is 83.4 cm³/mol. The Balaban J connectivity index is 1.51. The van der Waals surface area contributed by atoms with E-state index in [1.54, 1.807) is 0 Å². The Morgan fingerprint density at radius 2 is 2.25 bits per heavy atom. The number of nitrogens with zero attached hydrogens (tertiary/aromatic N) is 1. The van der Waals surface area contributed by atoms with E-state index in [1.807, 2.05) is 0 Å². The smallest absolute Gasteiger partial charge is 0.0726 e. The van der Waals surface area contributed by atoms with E-state index in [4.69, 9.17) is 4.74 Å². The SMILES string of the molecule is CC(NCCN1c2ccccc2CC1C)C1CCCO1. The van der Waals surface area contributed by atoms with Crippen LogP contribution in [0.2, 0.25) is 0 Å². The third kappa shape index (κ3) is 2.84. The van der Waals surface area contributed by atoms with E-state index in [9.17, 15) is 0 Å². The van der Waals surface area contributed by atoms with E-state index in [1.165, 1.54) is 30.5 Å². The van der Waals surface area contributed by atoms with Gasteiger partial charge >= 0.3 is 0 Å². The molecular weight excluding hydrogens is 248 g/mol. The fourth-order valence-corrected chi connectivity index (χ4v) is 3.51. The van der Waals surface area contributed by atoms with Gasteiger partial charge in [0, 0.05) is 37.5 Å². The van der Waals surface area contributed by atoms with Crippen LogP contribution in [0.15, 0.2) is 24.3 Å². The Hall–Kier alpha value is -1.06. The molecule has 0 aromatic heterocycles. The Bertz CT molecular complexity index is 442. The third-order valence-corrected chi connectivity index (χ3v) is 4.69. The number of ether oxygens (including phenoxy) is 1. The van der Waals surface area contributed by atoms with Gasteiger partial charge in [0.05, 0.1) is 6.10 Å². The van der Waals surface area contributed by atoms with Gasteiger partial charge in [-0.2, -0.15) is 0 Å². The zero-order valence-corrected chi connectivity index (χ0v) is 12.6. The van der Waals surface area contributed by atoms with Crippen LogP contribution in [-0.2, 0) is 11.2 Å². The molecule has 0 aliphatic carbocycles. The van der Waals surface area contributed by atoms with Crippen LogP contribution in [0.25, 0.3) is 0 Å². The van der Waals surface area contributed by atoms with Crippen LogP contribution >= 0.6 is 0 Å². The lowest BCUT2D eigenvalue weighted by Gasteiger charge is -2.27. The molecule has 0 radical (unpaired) electrons. The molecule has 1 fully saturated rings. The molecule has 3 heteroatoms. The number of hydrogen-bond donors (Lipinski definition) is 1. The number of para-hydroxylation sites is 1. The van der Waals surface area contributed by atoms with Crippen molar-refractivity contribution in [2.24, 2.45) is 0 Å². The Labute approximate surface area is 122 Å². The van der Waals surface area contributed by atoms with Gasteiger partial charge in [-0.3, -0.25) is 0 Å². The van der Waals surface area contributed by atoms with Gasteiger partial charge < -0.3 is 15.0 Å². The standard InChI is InChI=1S/C17H26N2O/c1-13-12-15-6-3-4-7-16(15)19(13)10-9-18-14(2)17-8-5-11-20-17/h3-4,6-7,13-14,17-18H,5,8-12H2,1-2H3. The van der Waals surface area contributed by atoms with E-state index in [-0.39, 0.29) is 0 Å². The number of hydrogen-bond acceptors (Lipinski definition) is 3. The molecular formula is C17H26N2O. The highest BCUT2D eigenvalue weighted by molar-refractivity contribution is 5.59. The van der Waals surface area contributed by atoms with Crippen LogP contribution in [0, 0.1) is 0 Å². The normalized spacial score (nSPS) is 26.8. The van der Waals surface area contributed by atoms with Gasteiger partial charge in [-0.25, -0.2) is 0 Å². The van der Waals surface area contributed by atoms with Crippen molar-refractivity contribution in [3.05, 3.63) is 29.8 Å². The summed E-state index contributed by atoms with van der Waals surface area (Å²) < 4.78 is 5.74. The van der Waals surface area contributed by atoms with Crippen molar-refractivity contribution in [3.8, 4) is 0 Å². The van der Waals surface area contributed by atoms with Gasteiger partial charge in [0.1, 0.15) is 0 Å². The van der Waals surface area contributed by atoms with Crippen LogP contribution in [0.3, 0.4) is 0 Å². The molecule has 2 aliphatic rings. The average Bonchev–Trinajstić information content (AvgIpc) is 3.07. The Kier molecular flexibility index (Phi) is 4.27. The summed E-state index contributed by atoms with van der Waals surface area (Å²) in [6.45, 7) is 7.61.